The van der Waals surface area contributed by atoms with Gasteiger partial charge >= 0.3 is 0 Å². The Balaban J connectivity index is 2.60. The quantitative estimate of drug-likeness (QED) is 0.796. The molecule has 1 aromatic heterocycles. The van der Waals surface area contributed by atoms with E-state index in [-0.39, 0.29) is 6.04 Å². The summed E-state index contributed by atoms with van der Waals surface area (Å²) < 4.78 is 0. The second-order valence-corrected chi connectivity index (χ2v) is 4.48. The molecule has 0 saturated carbocycles. The molecule has 2 N–H and O–H groups in total. The van der Waals surface area contributed by atoms with Gasteiger partial charge in [-0.05, 0) is 27.2 Å². The topological polar surface area (TPSA) is 58.0 Å². The molecule has 1 heterocycles. The maximum absolute atomic E-state index is 9.89. The first kappa shape index (κ1) is 13.1. The first-order chi connectivity index (χ1) is 7.46. The van der Waals surface area contributed by atoms with Crippen molar-refractivity contribution in [1.82, 2.24) is 15.3 Å². The highest BCUT2D eigenvalue weighted by Gasteiger charge is 2.19. The Morgan fingerprint density at radius 2 is 2.06 bits per heavy atom. The first-order valence-electron chi connectivity index (χ1n) is 5.69. The van der Waals surface area contributed by atoms with Gasteiger partial charge in [0.2, 0.25) is 0 Å². The third kappa shape index (κ3) is 3.54. The molecular formula is C12H21N3O. The molecule has 90 valence electrons. The summed E-state index contributed by atoms with van der Waals surface area (Å²) in [6.45, 7) is 8.33. The summed E-state index contributed by atoms with van der Waals surface area (Å²) in [5, 5.41) is 13.2. The van der Waals surface area contributed by atoms with E-state index in [9.17, 15) is 5.11 Å². The Hall–Kier alpha value is -1.00. The zero-order valence-electron chi connectivity index (χ0n) is 10.5. The zero-order valence-corrected chi connectivity index (χ0v) is 10.5. The van der Waals surface area contributed by atoms with E-state index >= 15 is 0 Å². The molecule has 0 saturated heterocycles. The molecule has 4 heteroatoms. The second kappa shape index (κ2) is 5.37. The van der Waals surface area contributed by atoms with Crippen molar-refractivity contribution in [3.05, 3.63) is 23.8 Å². The molecule has 0 spiro atoms. The van der Waals surface area contributed by atoms with Crippen molar-refractivity contribution < 1.29 is 5.11 Å². The van der Waals surface area contributed by atoms with Crippen LogP contribution < -0.4 is 5.32 Å². The summed E-state index contributed by atoms with van der Waals surface area (Å²) in [7, 11) is 0. The van der Waals surface area contributed by atoms with Gasteiger partial charge in [-0.1, -0.05) is 6.92 Å². The molecule has 4 nitrogen and oxygen atoms in total. The van der Waals surface area contributed by atoms with Gasteiger partial charge in [0, 0.05) is 25.0 Å². The van der Waals surface area contributed by atoms with Crippen LogP contribution in [0.15, 0.2) is 12.4 Å². The van der Waals surface area contributed by atoms with Gasteiger partial charge in [-0.2, -0.15) is 0 Å². The lowest BCUT2D eigenvalue weighted by atomic mass is 10.0. The van der Waals surface area contributed by atoms with Crippen LogP contribution in [-0.4, -0.2) is 27.2 Å². The normalized spacial score (nSPS) is 16.8. The van der Waals surface area contributed by atoms with Crippen molar-refractivity contribution in [2.24, 2.45) is 0 Å². The number of aliphatic hydroxyl groups is 1. The van der Waals surface area contributed by atoms with E-state index in [1.807, 2.05) is 27.7 Å². The van der Waals surface area contributed by atoms with Crippen LogP contribution in [0.1, 0.15) is 44.6 Å². The molecule has 0 aliphatic carbocycles. The summed E-state index contributed by atoms with van der Waals surface area (Å²) in [4.78, 5) is 8.50. The predicted octanol–water partition coefficient (Wildman–Crippen LogP) is 1.60. The zero-order chi connectivity index (χ0) is 12.2. The number of nitrogens with zero attached hydrogens (tertiary/aromatic N) is 2. The fourth-order valence-corrected chi connectivity index (χ4v) is 1.44. The van der Waals surface area contributed by atoms with Crippen molar-refractivity contribution in [3.63, 3.8) is 0 Å². The summed E-state index contributed by atoms with van der Waals surface area (Å²) >= 11 is 0. The number of hydrogen-bond donors (Lipinski definition) is 2. The lowest BCUT2D eigenvalue weighted by Crippen LogP contribution is -2.38. The molecule has 0 bridgehead atoms. The van der Waals surface area contributed by atoms with Crippen molar-refractivity contribution in [2.45, 2.75) is 45.8 Å². The van der Waals surface area contributed by atoms with Crippen LogP contribution >= 0.6 is 0 Å². The van der Waals surface area contributed by atoms with Crippen LogP contribution in [0.2, 0.25) is 0 Å². The van der Waals surface area contributed by atoms with Gasteiger partial charge in [0.15, 0.2) is 0 Å². The van der Waals surface area contributed by atoms with Crippen LogP contribution in [0.4, 0.5) is 0 Å². The number of hydrogen-bond acceptors (Lipinski definition) is 4. The molecule has 2 atom stereocenters. The average Bonchev–Trinajstić information content (AvgIpc) is 2.27. The molecule has 1 rings (SSSR count). The van der Waals surface area contributed by atoms with Crippen molar-refractivity contribution >= 4 is 0 Å². The molecule has 1 aromatic rings. The lowest BCUT2D eigenvalue weighted by Gasteiger charge is -2.24. The van der Waals surface area contributed by atoms with Gasteiger partial charge in [-0.3, -0.25) is 9.97 Å². The van der Waals surface area contributed by atoms with Gasteiger partial charge in [-0.15, -0.1) is 0 Å². The van der Waals surface area contributed by atoms with Gasteiger partial charge in [0.05, 0.1) is 17.0 Å². The third-order valence-electron chi connectivity index (χ3n) is 2.88. The minimum atomic E-state index is -0.662. The average molecular weight is 223 g/mol. The number of aryl methyl sites for hydroxylation is 1. The Bertz CT molecular complexity index is 339. The Morgan fingerprint density at radius 1 is 1.44 bits per heavy atom. The summed E-state index contributed by atoms with van der Waals surface area (Å²) in [5.41, 5.74) is 1.21. The van der Waals surface area contributed by atoms with E-state index < -0.39 is 5.60 Å². The maximum atomic E-state index is 9.89. The fraction of sp³-hybridized carbons (Fsp3) is 0.667. The number of rotatable bonds is 5. The van der Waals surface area contributed by atoms with E-state index in [4.69, 9.17) is 0 Å². The summed E-state index contributed by atoms with van der Waals surface area (Å²) in [6, 6.07) is 0.103. The van der Waals surface area contributed by atoms with Crippen molar-refractivity contribution in [1.29, 1.82) is 0 Å². The molecule has 0 aromatic carbocycles. The third-order valence-corrected chi connectivity index (χ3v) is 2.88. The van der Waals surface area contributed by atoms with Crippen LogP contribution in [-0.2, 0) is 0 Å². The highest BCUT2D eigenvalue weighted by molar-refractivity contribution is 5.12. The van der Waals surface area contributed by atoms with E-state index in [2.05, 4.69) is 15.3 Å². The monoisotopic (exact) mass is 223 g/mol. The second-order valence-electron chi connectivity index (χ2n) is 4.48. The van der Waals surface area contributed by atoms with E-state index in [0.717, 1.165) is 17.8 Å². The largest absolute Gasteiger partial charge is 0.389 e. The lowest BCUT2D eigenvalue weighted by molar-refractivity contribution is 0.0532. The predicted molar refractivity (Wildman–Crippen MR) is 64.1 cm³/mol. The van der Waals surface area contributed by atoms with Gasteiger partial charge in [-0.25, -0.2) is 0 Å². The molecule has 2 unspecified atom stereocenters. The van der Waals surface area contributed by atoms with Crippen LogP contribution in [0.5, 0.6) is 0 Å². The minimum absolute atomic E-state index is 0.103. The fourth-order valence-electron chi connectivity index (χ4n) is 1.44. The van der Waals surface area contributed by atoms with E-state index in [1.165, 1.54) is 0 Å². The smallest absolute Gasteiger partial charge is 0.0782 e. The molecule has 0 amide bonds. The molecule has 16 heavy (non-hydrogen) atoms. The molecule has 0 aliphatic heterocycles. The van der Waals surface area contributed by atoms with Crippen molar-refractivity contribution in [2.75, 3.05) is 6.54 Å². The van der Waals surface area contributed by atoms with Crippen LogP contribution in [0.25, 0.3) is 0 Å². The first-order valence-corrected chi connectivity index (χ1v) is 5.69. The van der Waals surface area contributed by atoms with E-state index in [0.29, 0.717) is 6.54 Å². The number of nitrogens with one attached hydrogen (secondary N) is 1. The van der Waals surface area contributed by atoms with Crippen LogP contribution in [0, 0.1) is 6.92 Å². The SMILES string of the molecule is CCC(C)(O)CNC(C)c1nccnc1C. The minimum Gasteiger partial charge on any atom is -0.389 e. The standard InChI is InChI=1S/C12H21N3O/c1-5-12(4,16)8-15-10(3)11-9(2)13-6-7-14-11/h6-7,10,15-16H,5,8H2,1-4H3. The van der Waals surface area contributed by atoms with Crippen molar-refractivity contribution in [3.8, 4) is 0 Å². The Morgan fingerprint density at radius 3 is 2.62 bits per heavy atom. The molecule has 0 fully saturated rings. The molecular weight excluding hydrogens is 202 g/mol. The van der Waals surface area contributed by atoms with Crippen LogP contribution in [0.3, 0.4) is 0 Å². The Labute approximate surface area is 97.1 Å². The highest BCUT2D eigenvalue weighted by Crippen LogP contribution is 2.14. The van der Waals surface area contributed by atoms with E-state index in [1.54, 1.807) is 12.4 Å². The molecule has 0 radical (unpaired) electrons. The van der Waals surface area contributed by atoms with Gasteiger partial charge in [0.25, 0.3) is 0 Å². The summed E-state index contributed by atoms with van der Waals surface area (Å²) in [6.07, 6.45) is 4.11. The van der Waals surface area contributed by atoms with Gasteiger partial charge < -0.3 is 10.4 Å². The maximum Gasteiger partial charge on any atom is 0.0782 e. The summed E-state index contributed by atoms with van der Waals surface area (Å²) in [5.74, 6) is 0. The highest BCUT2D eigenvalue weighted by atomic mass is 16.3. The number of aromatic nitrogens is 2. The molecule has 0 aliphatic rings. The Kier molecular flexibility index (Phi) is 4.38. The van der Waals surface area contributed by atoms with Gasteiger partial charge in [0.1, 0.15) is 0 Å².